The summed E-state index contributed by atoms with van der Waals surface area (Å²) in [6.07, 6.45) is 3.33. The molecule has 4 rings (SSSR count). The van der Waals surface area contributed by atoms with Crippen molar-refractivity contribution in [1.82, 2.24) is 10.3 Å². The van der Waals surface area contributed by atoms with Crippen molar-refractivity contribution in [3.63, 3.8) is 0 Å². The molecule has 0 saturated heterocycles. The molecule has 1 aromatic heterocycles. The molecule has 2 aromatic carbocycles. The zero-order chi connectivity index (χ0) is 17.9. The summed E-state index contributed by atoms with van der Waals surface area (Å²) in [7, 11) is 0. The maximum absolute atomic E-state index is 12.4. The zero-order valence-corrected chi connectivity index (χ0v) is 14.1. The molecule has 2 amide bonds. The second-order valence-corrected chi connectivity index (χ2v) is 6.25. The van der Waals surface area contributed by atoms with Crippen LogP contribution in [0.1, 0.15) is 24.4 Å². The van der Waals surface area contributed by atoms with Gasteiger partial charge in [0.1, 0.15) is 5.75 Å². The Morgan fingerprint density at radius 3 is 2.85 bits per heavy atom. The maximum Gasteiger partial charge on any atom is 0.313 e. The molecule has 6 heteroatoms. The standard InChI is InChI=1S/C20H19N3O3/c24-19(22-16-7-3-6-15-13(16)10-11-21-15)20(25)23-17-8-4-12-26-18-9-2-1-5-14(17)18/h1-3,5-7,9-11,17,21H,4,8,12H2,(H,22,24)(H,23,25). The fourth-order valence-electron chi connectivity index (χ4n) is 3.27. The molecule has 3 N–H and O–H groups in total. The summed E-state index contributed by atoms with van der Waals surface area (Å²) < 4.78 is 5.70. The van der Waals surface area contributed by atoms with Gasteiger partial charge in [-0.15, -0.1) is 0 Å². The summed E-state index contributed by atoms with van der Waals surface area (Å²) in [6, 6.07) is 14.7. The first kappa shape index (κ1) is 16.2. The number of anilines is 1. The highest BCUT2D eigenvalue weighted by Gasteiger charge is 2.24. The van der Waals surface area contributed by atoms with Crippen LogP contribution >= 0.6 is 0 Å². The first-order valence-electron chi connectivity index (χ1n) is 8.62. The molecule has 3 aromatic rings. The molecular formula is C20H19N3O3. The van der Waals surface area contributed by atoms with Crippen molar-refractivity contribution in [2.45, 2.75) is 18.9 Å². The van der Waals surface area contributed by atoms with Crippen molar-refractivity contribution in [2.75, 3.05) is 11.9 Å². The highest BCUT2D eigenvalue weighted by atomic mass is 16.5. The minimum absolute atomic E-state index is 0.241. The number of fused-ring (bicyclic) bond motifs is 2. The van der Waals surface area contributed by atoms with Gasteiger partial charge in [0, 0.05) is 22.7 Å². The number of nitrogens with one attached hydrogen (secondary N) is 3. The van der Waals surface area contributed by atoms with Crippen molar-refractivity contribution >= 4 is 28.4 Å². The van der Waals surface area contributed by atoms with Crippen LogP contribution in [-0.4, -0.2) is 23.4 Å². The Kier molecular flexibility index (Phi) is 4.31. The second kappa shape index (κ2) is 6.92. The number of benzene rings is 2. The molecule has 0 fully saturated rings. The van der Waals surface area contributed by atoms with E-state index in [0.717, 1.165) is 35.1 Å². The highest BCUT2D eigenvalue weighted by Crippen LogP contribution is 2.31. The van der Waals surface area contributed by atoms with Crippen LogP contribution in [0.15, 0.2) is 54.7 Å². The summed E-state index contributed by atoms with van der Waals surface area (Å²) in [5, 5.41) is 6.40. The number of ether oxygens (including phenoxy) is 1. The average molecular weight is 349 g/mol. The number of carbonyl (C=O) groups is 2. The Hall–Kier alpha value is -3.28. The maximum atomic E-state index is 12.4. The van der Waals surface area contributed by atoms with E-state index >= 15 is 0 Å². The third kappa shape index (κ3) is 3.13. The fourth-order valence-corrected chi connectivity index (χ4v) is 3.27. The number of amides is 2. The largest absolute Gasteiger partial charge is 0.493 e. The van der Waals surface area contributed by atoms with Crippen molar-refractivity contribution in [3.8, 4) is 5.75 Å². The zero-order valence-electron chi connectivity index (χ0n) is 14.1. The number of hydrogen-bond donors (Lipinski definition) is 3. The monoisotopic (exact) mass is 349 g/mol. The van der Waals surface area contributed by atoms with Gasteiger partial charge in [-0.25, -0.2) is 0 Å². The number of aromatic amines is 1. The van der Waals surface area contributed by atoms with Gasteiger partial charge >= 0.3 is 11.8 Å². The number of aromatic nitrogens is 1. The first-order valence-corrected chi connectivity index (χ1v) is 8.62. The van der Waals surface area contributed by atoms with Gasteiger partial charge in [0.15, 0.2) is 0 Å². The Bertz CT molecular complexity index is 964. The van der Waals surface area contributed by atoms with Gasteiger partial charge in [-0.05, 0) is 37.1 Å². The average Bonchev–Trinajstić information content (AvgIpc) is 3.05. The molecule has 1 atom stereocenters. The molecule has 1 aliphatic rings. The molecule has 0 spiro atoms. The molecule has 132 valence electrons. The molecule has 1 unspecified atom stereocenters. The SMILES string of the molecule is O=C(Nc1cccc2[nH]ccc12)C(=O)NC1CCCOc2ccccc21. The highest BCUT2D eigenvalue weighted by molar-refractivity contribution is 6.40. The smallest absolute Gasteiger partial charge is 0.313 e. The van der Waals surface area contributed by atoms with Crippen LogP contribution < -0.4 is 15.4 Å². The molecule has 0 bridgehead atoms. The Labute approximate surface area is 150 Å². The van der Waals surface area contributed by atoms with E-state index in [1.807, 2.05) is 42.5 Å². The van der Waals surface area contributed by atoms with Gasteiger partial charge in [-0.1, -0.05) is 24.3 Å². The molecule has 6 nitrogen and oxygen atoms in total. The van der Waals surface area contributed by atoms with Crippen molar-refractivity contribution in [1.29, 1.82) is 0 Å². The predicted octanol–water partition coefficient (Wildman–Crippen LogP) is 3.14. The number of hydrogen-bond acceptors (Lipinski definition) is 3. The minimum Gasteiger partial charge on any atom is -0.493 e. The van der Waals surface area contributed by atoms with Gasteiger partial charge in [0.25, 0.3) is 0 Å². The lowest BCUT2D eigenvalue weighted by atomic mass is 10.0. The van der Waals surface area contributed by atoms with Crippen LogP contribution in [0.3, 0.4) is 0 Å². The predicted molar refractivity (Wildman–Crippen MR) is 99.0 cm³/mol. The Morgan fingerprint density at radius 1 is 1.04 bits per heavy atom. The van der Waals surface area contributed by atoms with E-state index in [1.54, 1.807) is 12.3 Å². The van der Waals surface area contributed by atoms with Crippen LogP contribution in [0.2, 0.25) is 0 Å². The quantitative estimate of drug-likeness (QED) is 0.622. The van der Waals surface area contributed by atoms with Gasteiger partial charge in [0.2, 0.25) is 0 Å². The normalized spacial score (nSPS) is 16.2. The molecule has 26 heavy (non-hydrogen) atoms. The van der Waals surface area contributed by atoms with Crippen molar-refractivity contribution < 1.29 is 14.3 Å². The lowest BCUT2D eigenvalue weighted by molar-refractivity contribution is -0.136. The number of para-hydroxylation sites is 1. The number of H-pyrrole nitrogens is 1. The van der Waals surface area contributed by atoms with Gasteiger partial charge in [0.05, 0.1) is 18.3 Å². The summed E-state index contributed by atoms with van der Waals surface area (Å²) in [4.78, 5) is 27.9. The van der Waals surface area contributed by atoms with E-state index in [1.165, 1.54) is 0 Å². The third-order valence-electron chi connectivity index (χ3n) is 4.54. The minimum atomic E-state index is -0.679. The van der Waals surface area contributed by atoms with E-state index in [9.17, 15) is 9.59 Å². The van der Waals surface area contributed by atoms with Crippen LogP contribution in [0.25, 0.3) is 10.9 Å². The van der Waals surface area contributed by atoms with Crippen LogP contribution in [0.4, 0.5) is 5.69 Å². The third-order valence-corrected chi connectivity index (χ3v) is 4.54. The van der Waals surface area contributed by atoms with E-state index in [0.29, 0.717) is 12.3 Å². The second-order valence-electron chi connectivity index (χ2n) is 6.25. The Balaban J connectivity index is 1.50. The number of rotatable bonds is 2. The molecule has 0 radical (unpaired) electrons. The van der Waals surface area contributed by atoms with E-state index in [-0.39, 0.29) is 6.04 Å². The Morgan fingerprint density at radius 2 is 1.92 bits per heavy atom. The summed E-state index contributed by atoms with van der Waals surface area (Å²) in [5.74, 6) is -0.576. The molecule has 2 heterocycles. The topological polar surface area (TPSA) is 83.2 Å². The molecule has 0 saturated carbocycles. The lowest BCUT2D eigenvalue weighted by Crippen LogP contribution is -2.37. The van der Waals surface area contributed by atoms with Crippen LogP contribution in [0, 0.1) is 0 Å². The van der Waals surface area contributed by atoms with E-state index in [2.05, 4.69) is 15.6 Å². The van der Waals surface area contributed by atoms with E-state index < -0.39 is 11.8 Å². The molecule has 1 aliphatic heterocycles. The summed E-state index contributed by atoms with van der Waals surface area (Å²) in [5.41, 5.74) is 2.41. The van der Waals surface area contributed by atoms with Crippen LogP contribution in [-0.2, 0) is 9.59 Å². The summed E-state index contributed by atoms with van der Waals surface area (Å²) in [6.45, 7) is 0.602. The fraction of sp³-hybridized carbons (Fsp3) is 0.200. The van der Waals surface area contributed by atoms with Gasteiger partial charge < -0.3 is 20.4 Å². The molecule has 0 aliphatic carbocycles. The van der Waals surface area contributed by atoms with E-state index in [4.69, 9.17) is 4.74 Å². The van der Waals surface area contributed by atoms with Gasteiger partial charge in [-0.3, -0.25) is 9.59 Å². The first-order chi connectivity index (χ1) is 12.7. The van der Waals surface area contributed by atoms with Crippen LogP contribution in [0.5, 0.6) is 5.75 Å². The van der Waals surface area contributed by atoms with Crippen molar-refractivity contribution in [3.05, 3.63) is 60.3 Å². The summed E-state index contributed by atoms with van der Waals surface area (Å²) >= 11 is 0. The lowest BCUT2D eigenvalue weighted by Gasteiger charge is -2.18. The van der Waals surface area contributed by atoms with Gasteiger partial charge in [-0.2, -0.15) is 0 Å². The van der Waals surface area contributed by atoms with Crippen molar-refractivity contribution in [2.24, 2.45) is 0 Å². The number of carbonyl (C=O) groups excluding carboxylic acids is 2. The molecular weight excluding hydrogens is 330 g/mol.